The minimum atomic E-state index is -4.34. The largest absolute Gasteiger partial charge is 1.00 e. The average Bonchev–Trinajstić information content (AvgIpc) is 2.17. The summed E-state index contributed by atoms with van der Waals surface area (Å²) < 4.78 is 31.9. The van der Waals surface area contributed by atoms with E-state index >= 15 is 0 Å². The van der Waals surface area contributed by atoms with Crippen LogP contribution in [0, 0.1) is 0 Å². The van der Waals surface area contributed by atoms with Crippen LogP contribution in [-0.4, -0.2) is 18.0 Å². The molecule has 84 valence electrons. The van der Waals surface area contributed by atoms with Crippen LogP contribution in [0.3, 0.4) is 0 Å². The molecule has 7 heteroatoms. The Hall–Kier alpha value is -0.170. The van der Waals surface area contributed by atoms with Crippen LogP contribution < -0.4 is 29.6 Å². The zero-order valence-corrected chi connectivity index (χ0v) is 12.6. The smallest absolute Gasteiger partial charge is 0.748 e. The van der Waals surface area contributed by atoms with Crippen molar-refractivity contribution in [3.05, 3.63) is 41.0 Å². The standard InChI is InChI=1S/C10H8ClNO3S.Na/c11-10-8(6-16(13,14)15)5-7-3-1-2-4-9(7)12-10;/h1-5H,6H2,(H,13,14,15);/q;+1/p-1. The Bertz CT molecular complexity index is 645. The van der Waals surface area contributed by atoms with E-state index in [4.69, 9.17) is 11.6 Å². The summed E-state index contributed by atoms with van der Waals surface area (Å²) in [6.45, 7) is 0. The van der Waals surface area contributed by atoms with Crippen LogP contribution in [0.2, 0.25) is 5.15 Å². The summed E-state index contributed by atoms with van der Waals surface area (Å²) in [5.41, 5.74) is 0.898. The fourth-order valence-electron chi connectivity index (χ4n) is 1.43. The molecule has 0 N–H and O–H groups in total. The normalized spacial score (nSPS) is 11.2. The van der Waals surface area contributed by atoms with E-state index in [1.807, 2.05) is 0 Å². The molecule has 0 fully saturated rings. The van der Waals surface area contributed by atoms with Crippen LogP contribution >= 0.6 is 11.6 Å². The van der Waals surface area contributed by atoms with E-state index in [0.29, 0.717) is 5.52 Å². The fourth-order valence-corrected chi connectivity index (χ4v) is 2.32. The van der Waals surface area contributed by atoms with Crippen molar-refractivity contribution in [1.29, 1.82) is 0 Å². The summed E-state index contributed by atoms with van der Waals surface area (Å²) >= 11 is 5.79. The molecule has 2 rings (SSSR count). The van der Waals surface area contributed by atoms with Gasteiger partial charge in [0.2, 0.25) is 0 Å². The Kier molecular flexibility index (Phi) is 4.95. The van der Waals surface area contributed by atoms with Crippen molar-refractivity contribution in [1.82, 2.24) is 4.98 Å². The summed E-state index contributed by atoms with van der Waals surface area (Å²) in [6, 6.07) is 8.71. The molecule has 2 aromatic rings. The maximum atomic E-state index is 10.6. The molecular weight excluding hydrogens is 273 g/mol. The van der Waals surface area contributed by atoms with Gasteiger partial charge in [-0.25, -0.2) is 13.4 Å². The van der Waals surface area contributed by atoms with Gasteiger partial charge in [-0.1, -0.05) is 29.8 Å². The maximum Gasteiger partial charge on any atom is 1.00 e. The number of fused-ring (bicyclic) bond motifs is 1. The molecule has 0 saturated carbocycles. The van der Waals surface area contributed by atoms with E-state index in [1.54, 1.807) is 30.3 Å². The Labute approximate surface area is 126 Å². The number of aromatic nitrogens is 1. The van der Waals surface area contributed by atoms with Crippen molar-refractivity contribution in [3.63, 3.8) is 0 Å². The van der Waals surface area contributed by atoms with Crippen LogP contribution in [0.25, 0.3) is 10.9 Å². The predicted octanol–water partition coefficient (Wildman–Crippen LogP) is -1.06. The number of hydrogen-bond donors (Lipinski definition) is 0. The van der Waals surface area contributed by atoms with Gasteiger partial charge in [-0.15, -0.1) is 0 Å². The Morgan fingerprint density at radius 1 is 1.29 bits per heavy atom. The van der Waals surface area contributed by atoms with Gasteiger partial charge in [0, 0.05) is 10.9 Å². The van der Waals surface area contributed by atoms with Gasteiger partial charge in [-0.3, -0.25) is 0 Å². The molecule has 0 atom stereocenters. The summed E-state index contributed by atoms with van der Waals surface area (Å²) in [5, 5.41) is 0.809. The molecule has 4 nitrogen and oxygen atoms in total. The van der Waals surface area contributed by atoms with Crippen LogP contribution in [0.1, 0.15) is 5.56 Å². The molecule has 0 unspecified atom stereocenters. The zero-order valence-electron chi connectivity index (χ0n) is 9.05. The number of rotatable bonds is 2. The van der Waals surface area contributed by atoms with Gasteiger partial charge in [0.1, 0.15) is 5.15 Å². The first-order valence-corrected chi connectivity index (χ1v) is 6.39. The molecule has 1 aromatic carbocycles. The third-order valence-corrected chi connectivity index (χ3v) is 3.07. The monoisotopic (exact) mass is 279 g/mol. The second-order valence-corrected chi connectivity index (χ2v) is 5.10. The third kappa shape index (κ3) is 3.91. The van der Waals surface area contributed by atoms with Gasteiger partial charge in [0.15, 0.2) is 0 Å². The van der Waals surface area contributed by atoms with Crippen molar-refractivity contribution in [2.45, 2.75) is 5.75 Å². The first kappa shape index (κ1) is 14.9. The number of para-hydroxylation sites is 1. The zero-order chi connectivity index (χ0) is 11.8. The minimum Gasteiger partial charge on any atom is -0.748 e. The van der Waals surface area contributed by atoms with Crippen LogP contribution in [0.15, 0.2) is 30.3 Å². The summed E-state index contributed by atoms with van der Waals surface area (Å²) in [5.74, 6) is -0.635. The third-order valence-electron chi connectivity index (χ3n) is 2.08. The van der Waals surface area contributed by atoms with Crippen LogP contribution in [0.5, 0.6) is 0 Å². The van der Waals surface area contributed by atoms with E-state index in [2.05, 4.69) is 4.98 Å². The minimum absolute atomic E-state index is 0. The Morgan fingerprint density at radius 2 is 1.94 bits per heavy atom. The molecule has 0 amide bonds. The van der Waals surface area contributed by atoms with E-state index in [-0.39, 0.29) is 40.3 Å². The molecule has 0 aliphatic heterocycles. The molecule has 1 heterocycles. The number of nitrogens with zero attached hydrogens (tertiary/aromatic N) is 1. The fraction of sp³-hybridized carbons (Fsp3) is 0.100. The quantitative estimate of drug-likeness (QED) is 0.399. The Morgan fingerprint density at radius 3 is 2.59 bits per heavy atom. The number of benzene rings is 1. The van der Waals surface area contributed by atoms with Crippen molar-refractivity contribution >= 4 is 32.6 Å². The molecule has 0 aliphatic rings. The molecule has 0 saturated heterocycles. The SMILES string of the molecule is O=S(=O)([O-])Cc1cc2ccccc2nc1Cl.[Na+]. The van der Waals surface area contributed by atoms with E-state index < -0.39 is 15.9 Å². The van der Waals surface area contributed by atoms with Gasteiger partial charge in [-0.05, 0) is 12.1 Å². The average molecular weight is 280 g/mol. The number of hydrogen-bond acceptors (Lipinski definition) is 4. The molecule has 0 aliphatic carbocycles. The molecule has 0 spiro atoms. The number of pyridine rings is 1. The van der Waals surface area contributed by atoms with Gasteiger partial charge >= 0.3 is 29.6 Å². The van der Waals surface area contributed by atoms with Gasteiger partial charge in [0.25, 0.3) is 0 Å². The summed E-state index contributed by atoms with van der Waals surface area (Å²) in [7, 11) is -4.34. The van der Waals surface area contributed by atoms with Crippen LogP contribution in [-0.2, 0) is 15.9 Å². The molecule has 1 aromatic heterocycles. The molecule has 0 radical (unpaired) electrons. The second-order valence-electron chi connectivity index (χ2n) is 3.33. The van der Waals surface area contributed by atoms with E-state index in [0.717, 1.165) is 5.39 Å². The topological polar surface area (TPSA) is 70.1 Å². The van der Waals surface area contributed by atoms with Crippen LogP contribution in [0.4, 0.5) is 0 Å². The maximum absolute atomic E-state index is 10.6. The van der Waals surface area contributed by atoms with Gasteiger partial charge in [0.05, 0.1) is 21.4 Å². The molecular formula is C10H7ClNNaO3S. The predicted molar refractivity (Wildman–Crippen MR) is 60.2 cm³/mol. The van der Waals surface area contributed by atoms with E-state index in [9.17, 15) is 13.0 Å². The van der Waals surface area contributed by atoms with Crippen molar-refractivity contribution in [2.24, 2.45) is 0 Å². The summed E-state index contributed by atoms with van der Waals surface area (Å²) in [6.07, 6.45) is 0. The first-order valence-electron chi connectivity index (χ1n) is 4.43. The van der Waals surface area contributed by atoms with Gasteiger partial charge in [-0.2, -0.15) is 0 Å². The second kappa shape index (κ2) is 5.65. The number of halogens is 1. The van der Waals surface area contributed by atoms with Crippen molar-refractivity contribution in [2.75, 3.05) is 0 Å². The van der Waals surface area contributed by atoms with Crippen molar-refractivity contribution < 1.29 is 42.5 Å². The van der Waals surface area contributed by atoms with E-state index in [1.165, 1.54) is 0 Å². The first-order chi connectivity index (χ1) is 7.46. The Balaban J connectivity index is 0.00000144. The van der Waals surface area contributed by atoms with Gasteiger partial charge < -0.3 is 4.55 Å². The summed E-state index contributed by atoms with van der Waals surface area (Å²) in [4.78, 5) is 4.02. The molecule has 17 heavy (non-hydrogen) atoms. The van der Waals surface area contributed by atoms with Crippen molar-refractivity contribution in [3.8, 4) is 0 Å². The molecule has 0 bridgehead atoms.